The molecule has 2 aromatic rings. The molecule has 0 bridgehead atoms. The van der Waals surface area contributed by atoms with Crippen LogP contribution in [0.2, 0.25) is 0 Å². The van der Waals surface area contributed by atoms with Crippen LogP contribution < -0.4 is 10.2 Å². The molecule has 9 heteroatoms. The molecule has 2 heterocycles. The number of anilines is 2. The van der Waals surface area contributed by atoms with Gasteiger partial charge in [0.25, 0.3) is 0 Å². The Bertz CT molecular complexity index is 841. The van der Waals surface area contributed by atoms with Crippen molar-refractivity contribution in [3.63, 3.8) is 0 Å². The van der Waals surface area contributed by atoms with Gasteiger partial charge in [-0.2, -0.15) is 13.2 Å². The first-order valence-corrected chi connectivity index (χ1v) is 9.33. The van der Waals surface area contributed by atoms with Crippen molar-refractivity contribution in [2.75, 3.05) is 36.4 Å². The summed E-state index contributed by atoms with van der Waals surface area (Å²) in [6, 6.07) is 7.89. The molecule has 0 unspecified atom stereocenters. The van der Waals surface area contributed by atoms with Crippen LogP contribution in [-0.4, -0.2) is 48.0 Å². The molecule has 1 fully saturated rings. The maximum absolute atomic E-state index is 13.7. The fourth-order valence-corrected chi connectivity index (χ4v) is 3.26. The van der Waals surface area contributed by atoms with Crippen LogP contribution in [0.5, 0.6) is 0 Å². The van der Waals surface area contributed by atoms with E-state index in [0.717, 1.165) is 18.7 Å². The van der Waals surface area contributed by atoms with E-state index in [-0.39, 0.29) is 11.6 Å². The second kappa shape index (κ2) is 8.77. The molecule has 3 rings (SSSR count). The van der Waals surface area contributed by atoms with E-state index in [2.05, 4.69) is 10.3 Å². The number of amides is 1. The molecule has 1 atom stereocenters. The Morgan fingerprint density at radius 3 is 2.52 bits per heavy atom. The van der Waals surface area contributed by atoms with Crippen LogP contribution >= 0.6 is 0 Å². The summed E-state index contributed by atoms with van der Waals surface area (Å²) in [6.45, 7) is 4.08. The lowest BCUT2D eigenvalue weighted by Crippen LogP contribution is -2.44. The van der Waals surface area contributed by atoms with Crippen molar-refractivity contribution in [3.05, 3.63) is 54.0 Å². The van der Waals surface area contributed by atoms with Crippen LogP contribution in [-0.2, 0) is 11.0 Å². The first kappa shape index (κ1) is 21.0. The van der Waals surface area contributed by atoms with E-state index >= 15 is 0 Å². The lowest BCUT2D eigenvalue weighted by molar-refractivity contribution is -0.137. The van der Waals surface area contributed by atoms with Crippen LogP contribution in [0.1, 0.15) is 18.9 Å². The van der Waals surface area contributed by atoms with E-state index in [0.29, 0.717) is 32.0 Å². The van der Waals surface area contributed by atoms with E-state index in [4.69, 9.17) is 0 Å². The molecule has 0 spiro atoms. The molecule has 1 amide bonds. The zero-order valence-corrected chi connectivity index (χ0v) is 15.9. The first-order valence-electron chi connectivity index (χ1n) is 9.33. The number of carbonyl (C=O) groups excluding carboxylic acids is 1. The third-order valence-electron chi connectivity index (χ3n) is 4.99. The fraction of sp³-hybridized carbons (Fsp3) is 0.400. The van der Waals surface area contributed by atoms with E-state index in [1.807, 2.05) is 9.80 Å². The maximum atomic E-state index is 13.7. The number of para-hydroxylation sites is 1. The number of rotatable bonds is 4. The van der Waals surface area contributed by atoms with Crippen molar-refractivity contribution >= 4 is 17.4 Å². The lowest BCUT2D eigenvalue weighted by atomic mass is 10.2. The normalized spacial score (nSPS) is 16.9. The van der Waals surface area contributed by atoms with Gasteiger partial charge in [-0.15, -0.1) is 0 Å². The van der Waals surface area contributed by atoms with Gasteiger partial charge in [-0.05, 0) is 37.6 Å². The molecule has 0 radical (unpaired) electrons. The molecule has 1 aliphatic heterocycles. The van der Waals surface area contributed by atoms with Crippen molar-refractivity contribution in [2.24, 2.45) is 0 Å². The van der Waals surface area contributed by atoms with Gasteiger partial charge < -0.3 is 10.2 Å². The molecular weight excluding hydrogens is 388 g/mol. The number of alkyl halides is 3. The third kappa shape index (κ3) is 5.23. The van der Waals surface area contributed by atoms with Crippen LogP contribution in [0.15, 0.2) is 42.6 Å². The topological polar surface area (TPSA) is 48.5 Å². The Morgan fingerprint density at radius 1 is 1.10 bits per heavy atom. The zero-order chi connectivity index (χ0) is 21.0. The van der Waals surface area contributed by atoms with Gasteiger partial charge >= 0.3 is 6.18 Å². The number of hydrogen-bond acceptors (Lipinski definition) is 4. The second-order valence-electron chi connectivity index (χ2n) is 6.92. The number of aromatic nitrogens is 1. The van der Waals surface area contributed by atoms with Gasteiger partial charge in [-0.3, -0.25) is 9.69 Å². The average molecular weight is 410 g/mol. The molecule has 1 aromatic heterocycles. The number of hydrogen-bond donors (Lipinski definition) is 1. The Morgan fingerprint density at radius 2 is 1.86 bits per heavy atom. The molecule has 1 aliphatic rings. The largest absolute Gasteiger partial charge is 0.417 e. The average Bonchev–Trinajstić information content (AvgIpc) is 2.95. The van der Waals surface area contributed by atoms with Crippen molar-refractivity contribution in [2.45, 2.75) is 25.6 Å². The SMILES string of the molecule is C[C@@H](C(=O)Nc1ccccc1F)N1CCCN(c2ccc(C(F)(F)F)cn2)CC1. The van der Waals surface area contributed by atoms with Gasteiger partial charge in [0.1, 0.15) is 11.6 Å². The Balaban J connectivity index is 1.60. The van der Waals surface area contributed by atoms with E-state index in [1.54, 1.807) is 19.1 Å². The van der Waals surface area contributed by atoms with Crippen LogP contribution in [0, 0.1) is 5.82 Å². The van der Waals surface area contributed by atoms with Crippen LogP contribution in [0.3, 0.4) is 0 Å². The number of halogens is 4. The third-order valence-corrected chi connectivity index (χ3v) is 4.99. The van der Waals surface area contributed by atoms with Crippen molar-refractivity contribution in [3.8, 4) is 0 Å². The highest BCUT2D eigenvalue weighted by molar-refractivity contribution is 5.94. The Kier molecular flexibility index (Phi) is 6.36. The molecule has 1 N–H and O–H groups in total. The van der Waals surface area contributed by atoms with E-state index < -0.39 is 23.6 Å². The highest BCUT2D eigenvalue weighted by Crippen LogP contribution is 2.29. The summed E-state index contributed by atoms with van der Waals surface area (Å²) in [5, 5.41) is 2.60. The van der Waals surface area contributed by atoms with Gasteiger partial charge in [0.2, 0.25) is 5.91 Å². The molecular formula is C20H22F4N4O. The number of pyridine rings is 1. The summed E-state index contributed by atoms with van der Waals surface area (Å²) in [5.41, 5.74) is -0.647. The molecule has 29 heavy (non-hydrogen) atoms. The number of nitrogens with zero attached hydrogens (tertiary/aromatic N) is 3. The minimum Gasteiger partial charge on any atom is -0.355 e. The van der Waals surface area contributed by atoms with Crippen molar-refractivity contribution in [1.29, 1.82) is 0 Å². The van der Waals surface area contributed by atoms with Gasteiger partial charge in [-0.1, -0.05) is 12.1 Å². The van der Waals surface area contributed by atoms with Gasteiger partial charge in [-0.25, -0.2) is 9.37 Å². The first-order chi connectivity index (χ1) is 13.8. The summed E-state index contributed by atoms with van der Waals surface area (Å²) in [5.74, 6) is -0.331. The highest BCUT2D eigenvalue weighted by Gasteiger charge is 2.31. The summed E-state index contributed by atoms with van der Waals surface area (Å²) in [4.78, 5) is 20.3. The quantitative estimate of drug-likeness (QED) is 0.780. The summed E-state index contributed by atoms with van der Waals surface area (Å²) in [6.07, 6.45) is -2.86. The predicted molar refractivity (Wildman–Crippen MR) is 102 cm³/mol. The fourth-order valence-electron chi connectivity index (χ4n) is 3.26. The van der Waals surface area contributed by atoms with E-state index in [1.165, 1.54) is 18.2 Å². The van der Waals surface area contributed by atoms with Crippen molar-refractivity contribution in [1.82, 2.24) is 9.88 Å². The van der Waals surface area contributed by atoms with Gasteiger partial charge in [0.15, 0.2) is 0 Å². The Hall–Kier alpha value is -2.68. The van der Waals surface area contributed by atoms with Gasteiger partial charge in [0.05, 0.1) is 17.3 Å². The molecule has 1 aromatic carbocycles. The molecule has 156 valence electrons. The summed E-state index contributed by atoms with van der Waals surface area (Å²) < 4.78 is 51.9. The minimum absolute atomic E-state index is 0.134. The van der Waals surface area contributed by atoms with Crippen molar-refractivity contribution < 1.29 is 22.4 Å². The smallest absolute Gasteiger partial charge is 0.355 e. The van der Waals surface area contributed by atoms with Crippen LogP contribution in [0.4, 0.5) is 29.1 Å². The molecule has 0 aliphatic carbocycles. The maximum Gasteiger partial charge on any atom is 0.417 e. The molecule has 1 saturated heterocycles. The number of benzene rings is 1. The van der Waals surface area contributed by atoms with E-state index in [9.17, 15) is 22.4 Å². The van der Waals surface area contributed by atoms with Crippen LogP contribution in [0.25, 0.3) is 0 Å². The lowest BCUT2D eigenvalue weighted by Gasteiger charge is -2.27. The predicted octanol–water partition coefficient (Wildman–Crippen LogP) is 3.78. The summed E-state index contributed by atoms with van der Waals surface area (Å²) >= 11 is 0. The standard InChI is InChI=1S/C20H22F4N4O/c1-14(19(29)26-17-6-3-2-5-16(17)21)27-9-4-10-28(12-11-27)18-8-7-15(13-25-18)20(22,23)24/h2-3,5-8,13-14H,4,9-12H2,1H3,(H,26,29)/t14-/m0/s1. The summed E-state index contributed by atoms with van der Waals surface area (Å²) in [7, 11) is 0. The molecule has 0 saturated carbocycles. The van der Waals surface area contributed by atoms with Gasteiger partial charge in [0, 0.05) is 32.4 Å². The monoisotopic (exact) mass is 410 g/mol. The number of nitrogens with one attached hydrogen (secondary N) is 1. The Labute approximate surface area is 166 Å². The highest BCUT2D eigenvalue weighted by atomic mass is 19.4. The number of carbonyl (C=O) groups is 1. The zero-order valence-electron chi connectivity index (χ0n) is 15.9. The molecule has 5 nitrogen and oxygen atoms in total. The second-order valence-corrected chi connectivity index (χ2v) is 6.92. The minimum atomic E-state index is -4.41.